The van der Waals surface area contributed by atoms with Crippen molar-refractivity contribution in [1.82, 2.24) is 0 Å². The molecule has 0 spiro atoms. The fraction of sp³-hybridized carbons (Fsp3) is 0.933. The Labute approximate surface area is 107 Å². The molecule has 0 aliphatic heterocycles. The summed E-state index contributed by atoms with van der Waals surface area (Å²) >= 11 is 0. The van der Waals surface area contributed by atoms with Crippen molar-refractivity contribution in [3.63, 3.8) is 0 Å². The van der Waals surface area contributed by atoms with Crippen LogP contribution in [0.1, 0.15) is 90.4 Å². The minimum absolute atomic E-state index is 0.166. The summed E-state index contributed by atoms with van der Waals surface area (Å²) in [6, 6.07) is 0. The van der Waals surface area contributed by atoms with Crippen molar-refractivity contribution < 1.29 is 4.79 Å². The molecule has 0 unspecified atom stereocenters. The zero-order chi connectivity index (χ0) is 12.8. The Morgan fingerprint density at radius 1 is 0.824 bits per heavy atom. The van der Waals surface area contributed by atoms with Crippen molar-refractivity contribution in [3.8, 4) is 0 Å². The fourth-order valence-electron chi connectivity index (χ4n) is 2.14. The van der Waals surface area contributed by atoms with Crippen LogP contribution < -0.4 is 5.73 Å². The molecule has 1 rings (SSSR count). The Bertz CT molecular complexity index is 153. The lowest BCUT2D eigenvalue weighted by Gasteiger charge is -2.05. The van der Waals surface area contributed by atoms with Gasteiger partial charge in [-0.15, -0.1) is 0 Å². The summed E-state index contributed by atoms with van der Waals surface area (Å²) in [6.07, 6.45) is 16.8. The van der Waals surface area contributed by atoms with Crippen molar-refractivity contribution in [2.24, 2.45) is 5.73 Å². The third kappa shape index (κ3) is 15.5. The van der Waals surface area contributed by atoms with Gasteiger partial charge in [-0.05, 0) is 6.42 Å². The minimum atomic E-state index is -0.166. The average molecular weight is 241 g/mol. The number of unbranched alkanes of at least 4 members (excludes halogenated alkanes) is 5. The van der Waals surface area contributed by atoms with E-state index in [-0.39, 0.29) is 5.91 Å². The Hall–Kier alpha value is -0.530. The predicted octanol–water partition coefficient (Wildman–Crippen LogP) is 4.56. The van der Waals surface area contributed by atoms with Crippen LogP contribution in [-0.2, 0) is 4.79 Å². The number of rotatable bonds is 7. The molecule has 1 aliphatic rings. The Kier molecular flexibility index (Phi) is 13.1. The first-order valence-corrected chi connectivity index (χ1v) is 7.55. The lowest BCUT2D eigenvalue weighted by atomic mass is 10.0. The SMILES string of the molecule is C1CCCCC1.CCCCCCCCC(N)=O. The Morgan fingerprint density at radius 2 is 1.24 bits per heavy atom. The van der Waals surface area contributed by atoms with Crippen molar-refractivity contribution in [2.45, 2.75) is 90.4 Å². The molecule has 1 fully saturated rings. The molecule has 1 aliphatic carbocycles. The molecule has 0 aromatic carbocycles. The van der Waals surface area contributed by atoms with Crippen LogP contribution in [0.5, 0.6) is 0 Å². The molecule has 0 atom stereocenters. The van der Waals surface area contributed by atoms with Gasteiger partial charge in [0.2, 0.25) is 5.91 Å². The van der Waals surface area contributed by atoms with Crippen LogP contribution >= 0.6 is 0 Å². The monoisotopic (exact) mass is 241 g/mol. The van der Waals surface area contributed by atoms with E-state index in [2.05, 4.69) is 6.92 Å². The molecule has 0 radical (unpaired) electrons. The van der Waals surface area contributed by atoms with E-state index in [1.807, 2.05) is 0 Å². The number of amides is 1. The normalized spacial score (nSPS) is 14.9. The van der Waals surface area contributed by atoms with E-state index >= 15 is 0 Å². The molecular weight excluding hydrogens is 210 g/mol. The van der Waals surface area contributed by atoms with E-state index in [1.54, 1.807) is 0 Å². The highest BCUT2D eigenvalue weighted by atomic mass is 16.1. The van der Waals surface area contributed by atoms with E-state index in [9.17, 15) is 4.79 Å². The van der Waals surface area contributed by atoms with Gasteiger partial charge in [0, 0.05) is 6.42 Å². The van der Waals surface area contributed by atoms with Gasteiger partial charge in [0.25, 0.3) is 0 Å². The Morgan fingerprint density at radius 3 is 1.65 bits per heavy atom. The summed E-state index contributed by atoms with van der Waals surface area (Å²) in [4.78, 5) is 10.3. The van der Waals surface area contributed by atoms with E-state index < -0.39 is 0 Å². The molecule has 1 saturated carbocycles. The molecule has 102 valence electrons. The third-order valence-electron chi connectivity index (χ3n) is 3.28. The number of primary amides is 1. The van der Waals surface area contributed by atoms with Crippen LogP contribution in [0.25, 0.3) is 0 Å². The van der Waals surface area contributed by atoms with E-state index in [1.165, 1.54) is 64.2 Å². The molecule has 1 amide bonds. The number of hydrogen-bond donors (Lipinski definition) is 1. The second-order valence-electron chi connectivity index (χ2n) is 5.11. The first kappa shape index (κ1) is 16.5. The van der Waals surface area contributed by atoms with Gasteiger partial charge in [-0.3, -0.25) is 4.79 Å². The highest BCUT2D eigenvalue weighted by molar-refractivity contribution is 5.73. The number of nitrogens with two attached hydrogens (primary N) is 1. The number of carbonyl (C=O) groups excluding carboxylic acids is 1. The molecule has 0 bridgehead atoms. The molecule has 0 saturated heterocycles. The average Bonchev–Trinajstić information content (AvgIpc) is 2.36. The highest BCUT2D eigenvalue weighted by Crippen LogP contribution is 2.15. The van der Waals surface area contributed by atoms with Crippen LogP contribution in [0.15, 0.2) is 0 Å². The summed E-state index contributed by atoms with van der Waals surface area (Å²) in [7, 11) is 0. The van der Waals surface area contributed by atoms with Crippen molar-refractivity contribution in [2.75, 3.05) is 0 Å². The molecule has 2 N–H and O–H groups in total. The van der Waals surface area contributed by atoms with Crippen molar-refractivity contribution in [3.05, 3.63) is 0 Å². The third-order valence-corrected chi connectivity index (χ3v) is 3.28. The van der Waals surface area contributed by atoms with Crippen LogP contribution in [0.3, 0.4) is 0 Å². The number of hydrogen-bond acceptors (Lipinski definition) is 1. The lowest BCUT2D eigenvalue weighted by Crippen LogP contribution is -2.09. The zero-order valence-electron chi connectivity index (χ0n) is 11.7. The first-order valence-electron chi connectivity index (χ1n) is 7.55. The van der Waals surface area contributed by atoms with Gasteiger partial charge < -0.3 is 5.73 Å². The summed E-state index contributed by atoms with van der Waals surface area (Å²) in [5.74, 6) is -0.166. The summed E-state index contributed by atoms with van der Waals surface area (Å²) < 4.78 is 0. The van der Waals surface area contributed by atoms with Gasteiger partial charge in [0.1, 0.15) is 0 Å². The number of carbonyl (C=O) groups is 1. The molecule has 0 aromatic heterocycles. The van der Waals surface area contributed by atoms with Gasteiger partial charge in [0.05, 0.1) is 0 Å². The topological polar surface area (TPSA) is 43.1 Å². The molecule has 0 aromatic rings. The summed E-state index contributed by atoms with van der Waals surface area (Å²) in [5.41, 5.74) is 4.99. The maximum atomic E-state index is 10.3. The van der Waals surface area contributed by atoms with Crippen molar-refractivity contribution >= 4 is 5.91 Å². The van der Waals surface area contributed by atoms with Gasteiger partial charge in [0.15, 0.2) is 0 Å². The van der Waals surface area contributed by atoms with E-state index in [0.29, 0.717) is 6.42 Å². The Balaban J connectivity index is 0.000000354. The van der Waals surface area contributed by atoms with Gasteiger partial charge >= 0.3 is 0 Å². The van der Waals surface area contributed by atoms with E-state index in [0.717, 1.165) is 12.8 Å². The maximum absolute atomic E-state index is 10.3. The lowest BCUT2D eigenvalue weighted by molar-refractivity contribution is -0.118. The standard InChI is InChI=1S/C9H19NO.C6H12/c1-2-3-4-5-6-7-8-9(10)11;1-2-4-6-5-3-1/h2-8H2,1H3,(H2,10,11);1-6H2. The second-order valence-corrected chi connectivity index (χ2v) is 5.11. The predicted molar refractivity (Wildman–Crippen MR) is 74.9 cm³/mol. The first-order chi connectivity index (χ1) is 8.27. The summed E-state index contributed by atoms with van der Waals surface area (Å²) in [6.45, 7) is 2.20. The van der Waals surface area contributed by atoms with Crippen LogP contribution in [0.4, 0.5) is 0 Å². The largest absolute Gasteiger partial charge is 0.370 e. The fourth-order valence-corrected chi connectivity index (χ4v) is 2.14. The van der Waals surface area contributed by atoms with Crippen LogP contribution in [0.2, 0.25) is 0 Å². The van der Waals surface area contributed by atoms with Crippen molar-refractivity contribution in [1.29, 1.82) is 0 Å². The van der Waals surface area contributed by atoms with Gasteiger partial charge in [-0.25, -0.2) is 0 Å². The highest BCUT2D eigenvalue weighted by Gasteiger charge is 1.95. The molecule has 2 heteroatoms. The second kappa shape index (κ2) is 13.5. The quantitative estimate of drug-likeness (QED) is 0.652. The molecule has 2 nitrogen and oxygen atoms in total. The molecule has 17 heavy (non-hydrogen) atoms. The zero-order valence-corrected chi connectivity index (χ0v) is 11.7. The smallest absolute Gasteiger partial charge is 0.217 e. The minimum Gasteiger partial charge on any atom is -0.370 e. The molecular formula is C15H31NO. The van der Waals surface area contributed by atoms with Gasteiger partial charge in [-0.2, -0.15) is 0 Å². The van der Waals surface area contributed by atoms with E-state index in [4.69, 9.17) is 5.73 Å². The van der Waals surface area contributed by atoms with Crippen LogP contribution in [-0.4, -0.2) is 5.91 Å². The molecule has 0 heterocycles. The van der Waals surface area contributed by atoms with Crippen LogP contribution in [0, 0.1) is 0 Å². The van der Waals surface area contributed by atoms with Gasteiger partial charge in [-0.1, -0.05) is 77.6 Å². The maximum Gasteiger partial charge on any atom is 0.217 e. The summed E-state index contributed by atoms with van der Waals surface area (Å²) in [5, 5.41) is 0.